The first-order valence-electron chi connectivity index (χ1n) is 17.1. The lowest BCUT2D eigenvalue weighted by Gasteiger charge is -2.48. The van der Waals surface area contributed by atoms with E-state index in [-0.39, 0.29) is 40.9 Å². The number of sulfone groups is 1. The third-order valence-corrected chi connectivity index (χ3v) is 12.2. The minimum Gasteiger partial charge on any atom is -0.508 e. The van der Waals surface area contributed by atoms with Crippen LogP contribution in [0.15, 0.2) is 77.7 Å². The lowest BCUT2D eigenvalue weighted by Crippen LogP contribution is -2.61. The number of aliphatic hydroxyl groups excluding tert-OH is 4. The summed E-state index contributed by atoms with van der Waals surface area (Å²) in [6, 6.07) is 18.6. The summed E-state index contributed by atoms with van der Waals surface area (Å²) in [5.74, 6) is -3.84. The number of phenolic OH excluding ortho intramolecular Hbond substituents is 1. The van der Waals surface area contributed by atoms with Crippen LogP contribution < -0.4 is 4.90 Å². The van der Waals surface area contributed by atoms with E-state index < -0.39 is 76.3 Å². The van der Waals surface area contributed by atoms with E-state index in [9.17, 15) is 53.0 Å². The van der Waals surface area contributed by atoms with Crippen LogP contribution in [0.4, 0.5) is 10.1 Å². The molecule has 3 aromatic rings. The maximum Gasteiger partial charge on any atom is 0.335 e. The predicted molar refractivity (Wildman–Crippen MR) is 182 cm³/mol. The second-order valence-electron chi connectivity index (χ2n) is 13.7. The van der Waals surface area contributed by atoms with E-state index in [1.165, 1.54) is 23.1 Å². The number of para-hydroxylation sites is 1. The maximum absolute atomic E-state index is 14.5. The van der Waals surface area contributed by atoms with Gasteiger partial charge in [-0.25, -0.2) is 17.6 Å². The van der Waals surface area contributed by atoms with Crippen molar-refractivity contribution in [3.63, 3.8) is 0 Å². The van der Waals surface area contributed by atoms with Crippen molar-refractivity contribution in [2.75, 3.05) is 10.7 Å². The van der Waals surface area contributed by atoms with Crippen molar-refractivity contribution in [1.29, 1.82) is 0 Å². The number of nitrogens with zero attached hydrogens (tertiary/aromatic N) is 1. The third kappa shape index (κ3) is 7.52. The number of halogens is 1. The number of carboxylic acid groups (broad SMARTS) is 1. The molecule has 0 bridgehead atoms. The number of benzene rings is 3. The molecule has 0 aromatic heterocycles. The monoisotopic (exact) mass is 727 g/mol. The van der Waals surface area contributed by atoms with Gasteiger partial charge < -0.3 is 40.3 Å². The number of hydrogen-bond donors (Lipinski definition) is 6. The Morgan fingerprint density at radius 1 is 0.902 bits per heavy atom. The molecule has 12 nitrogen and oxygen atoms in total. The fourth-order valence-electron chi connectivity index (χ4n) is 7.62. The number of β-lactam (4-membered cyclic amide) rings is 1. The molecule has 2 heterocycles. The van der Waals surface area contributed by atoms with Crippen LogP contribution in [0, 0.1) is 11.8 Å². The zero-order valence-electron chi connectivity index (χ0n) is 27.6. The van der Waals surface area contributed by atoms with Crippen LogP contribution in [0.1, 0.15) is 50.1 Å². The second-order valence-corrected chi connectivity index (χ2v) is 15.7. The predicted octanol–water partition coefficient (Wildman–Crippen LogP) is 3.14. The molecule has 0 spiro atoms. The minimum absolute atomic E-state index is 0.0644. The van der Waals surface area contributed by atoms with Crippen LogP contribution >= 0.6 is 0 Å². The number of ether oxygens (including phenoxy) is 1. The average molecular weight is 728 g/mol. The fourth-order valence-corrected chi connectivity index (χ4v) is 9.37. The smallest absolute Gasteiger partial charge is 0.335 e. The van der Waals surface area contributed by atoms with Gasteiger partial charge in [0, 0.05) is 5.69 Å². The lowest BCUT2D eigenvalue weighted by atomic mass is 9.76. The van der Waals surface area contributed by atoms with E-state index in [0.717, 1.165) is 0 Å². The summed E-state index contributed by atoms with van der Waals surface area (Å²) in [4.78, 5) is 26.8. The third-order valence-electron chi connectivity index (χ3n) is 10.5. The number of carbonyl (C=O) groups excluding carboxylic acids is 1. The van der Waals surface area contributed by atoms with Gasteiger partial charge in [0.25, 0.3) is 0 Å². The number of rotatable bonds is 11. The Morgan fingerprint density at radius 3 is 2.25 bits per heavy atom. The fraction of sp³-hybridized carbons (Fsp3) is 0.459. The van der Waals surface area contributed by atoms with Gasteiger partial charge in [-0.3, -0.25) is 4.79 Å². The molecule has 14 heteroatoms. The number of amides is 1. The molecule has 274 valence electrons. The molecule has 1 aliphatic carbocycles. The SMILES string of the molecule is O=C(O)C1O[C@@H](CS(=O)(=O)c2cc(-c3cccc(O)c3)ccc2[C@@H]2[C@@H](CC[C@H](O)C3CCC(F)CC3)C(=O)N2c2ccccc2)C(O)C(O)[C@H]1O. The van der Waals surface area contributed by atoms with E-state index in [1.54, 1.807) is 54.6 Å². The van der Waals surface area contributed by atoms with Crippen molar-refractivity contribution in [1.82, 2.24) is 0 Å². The second kappa shape index (κ2) is 15.0. The molecular formula is C37H42FNO11S. The van der Waals surface area contributed by atoms with Gasteiger partial charge in [0.1, 0.15) is 36.3 Å². The Labute approximate surface area is 294 Å². The van der Waals surface area contributed by atoms with Crippen molar-refractivity contribution < 1.29 is 57.8 Å². The number of aromatic hydroxyl groups is 1. The molecule has 2 saturated heterocycles. The number of aliphatic carboxylic acids is 1. The van der Waals surface area contributed by atoms with Crippen molar-refractivity contribution in [2.24, 2.45) is 11.8 Å². The van der Waals surface area contributed by atoms with Gasteiger partial charge in [-0.1, -0.05) is 42.5 Å². The Hall–Kier alpha value is -3.92. The molecule has 3 unspecified atom stereocenters. The molecule has 8 atom stereocenters. The standard InChI is InChI=1S/C37H42FNO11S/c38-23-12-9-20(10-13-23)28(41)16-15-27-31(39(36(27)45)24-6-2-1-3-7-24)26-14-11-22(21-5-4-8-25(40)17-21)18-30(26)51(48,49)19-29-32(42)33(43)34(44)35(50-29)37(46)47/h1-8,11,14,17-18,20,23,27-29,31-35,40-44H,9-10,12-13,15-16,19H2,(H,46,47)/t20?,23?,27-,28+,29+,31-,32?,33?,34-,35?/m1/s1. The molecule has 3 fully saturated rings. The van der Waals surface area contributed by atoms with Gasteiger partial charge in [-0.15, -0.1) is 0 Å². The van der Waals surface area contributed by atoms with E-state index >= 15 is 0 Å². The van der Waals surface area contributed by atoms with Gasteiger partial charge in [-0.2, -0.15) is 0 Å². The number of aliphatic hydroxyl groups is 4. The molecule has 6 N–H and O–H groups in total. The molecule has 3 aromatic carbocycles. The van der Waals surface area contributed by atoms with Crippen molar-refractivity contribution in [2.45, 2.75) is 92.3 Å². The minimum atomic E-state index is -4.53. The first kappa shape index (κ1) is 36.9. The van der Waals surface area contributed by atoms with E-state index in [2.05, 4.69) is 0 Å². The van der Waals surface area contributed by atoms with Gasteiger partial charge in [0.05, 0.1) is 28.7 Å². The van der Waals surface area contributed by atoms with Gasteiger partial charge in [0.2, 0.25) is 5.91 Å². The summed E-state index contributed by atoms with van der Waals surface area (Å²) in [6.07, 6.45) is -9.14. The quantitative estimate of drug-likeness (QED) is 0.159. The zero-order chi connectivity index (χ0) is 36.6. The molecule has 2 aliphatic heterocycles. The highest BCUT2D eigenvalue weighted by Crippen LogP contribution is 2.49. The molecule has 6 rings (SSSR count). The highest BCUT2D eigenvalue weighted by Gasteiger charge is 2.52. The highest BCUT2D eigenvalue weighted by atomic mass is 32.2. The first-order chi connectivity index (χ1) is 24.3. The summed E-state index contributed by atoms with van der Waals surface area (Å²) in [5.41, 5.74) is 1.60. The van der Waals surface area contributed by atoms with Gasteiger partial charge in [0.15, 0.2) is 15.9 Å². The van der Waals surface area contributed by atoms with E-state index in [1.807, 2.05) is 0 Å². The summed E-state index contributed by atoms with van der Waals surface area (Å²) in [7, 11) is -4.53. The van der Waals surface area contributed by atoms with Crippen molar-refractivity contribution >= 4 is 27.4 Å². The largest absolute Gasteiger partial charge is 0.508 e. The number of alkyl halides is 1. The number of phenols is 1. The van der Waals surface area contributed by atoms with E-state index in [0.29, 0.717) is 42.5 Å². The molecule has 1 saturated carbocycles. The van der Waals surface area contributed by atoms with Crippen LogP contribution in [0.3, 0.4) is 0 Å². The van der Waals surface area contributed by atoms with Crippen LogP contribution in [-0.2, 0) is 24.2 Å². The van der Waals surface area contributed by atoms with Crippen LogP contribution in [0.5, 0.6) is 5.75 Å². The first-order valence-corrected chi connectivity index (χ1v) is 18.7. The maximum atomic E-state index is 14.5. The highest BCUT2D eigenvalue weighted by molar-refractivity contribution is 7.91. The number of hydrogen-bond acceptors (Lipinski definition) is 10. The Morgan fingerprint density at radius 2 is 1.59 bits per heavy atom. The molecular weight excluding hydrogens is 685 g/mol. The van der Waals surface area contributed by atoms with Gasteiger partial charge >= 0.3 is 5.97 Å². The van der Waals surface area contributed by atoms with Crippen molar-refractivity contribution in [3.05, 3.63) is 78.4 Å². The molecule has 3 aliphatic rings. The number of anilines is 1. The average Bonchev–Trinajstić information content (AvgIpc) is 3.11. The van der Waals surface area contributed by atoms with E-state index in [4.69, 9.17) is 4.74 Å². The van der Waals surface area contributed by atoms with Crippen molar-refractivity contribution in [3.8, 4) is 16.9 Å². The number of carboxylic acids is 1. The van der Waals surface area contributed by atoms with Crippen LogP contribution in [-0.4, -0.2) is 99.5 Å². The summed E-state index contributed by atoms with van der Waals surface area (Å²) < 4.78 is 48.0. The van der Waals surface area contributed by atoms with Crippen LogP contribution in [0.2, 0.25) is 0 Å². The Kier molecular flexibility index (Phi) is 10.8. The Balaban J connectivity index is 1.40. The molecule has 0 radical (unpaired) electrons. The topological polar surface area (TPSA) is 202 Å². The van der Waals surface area contributed by atoms with Crippen LogP contribution in [0.25, 0.3) is 11.1 Å². The zero-order valence-corrected chi connectivity index (χ0v) is 28.4. The normalized spacial score (nSPS) is 30.4. The molecule has 1 amide bonds. The lowest BCUT2D eigenvalue weighted by molar-refractivity contribution is -0.222. The molecule has 51 heavy (non-hydrogen) atoms. The summed E-state index contributed by atoms with van der Waals surface area (Å²) >= 11 is 0. The summed E-state index contributed by atoms with van der Waals surface area (Å²) in [5, 5.41) is 62.0. The number of carbonyl (C=O) groups is 2. The van der Waals surface area contributed by atoms with Gasteiger partial charge in [-0.05, 0) is 91.5 Å². The Bertz CT molecular complexity index is 1830. The summed E-state index contributed by atoms with van der Waals surface area (Å²) in [6.45, 7) is 0.